The first-order valence-electron chi connectivity index (χ1n) is 6.04. The summed E-state index contributed by atoms with van der Waals surface area (Å²) in [6.45, 7) is 0.177. The summed E-state index contributed by atoms with van der Waals surface area (Å²) in [6.07, 6.45) is 4.15. The molecule has 0 aliphatic heterocycles. The van der Waals surface area contributed by atoms with Gasteiger partial charge in [0.1, 0.15) is 6.54 Å². The van der Waals surface area contributed by atoms with Crippen LogP contribution in [0.4, 0.5) is 0 Å². The van der Waals surface area contributed by atoms with Crippen LogP contribution < -0.4 is 16.8 Å². The second kappa shape index (κ2) is 14.4. The number of nitrogens with one attached hydrogen (secondary N) is 1. The Morgan fingerprint density at radius 2 is 1.47 bits per heavy atom. The van der Waals surface area contributed by atoms with Crippen LogP contribution in [-0.2, 0) is 14.4 Å². The van der Waals surface area contributed by atoms with Gasteiger partial charge < -0.3 is 27.0 Å². The van der Waals surface area contributed by atoms with E-state index in [0.717, 1.165) is 25.7 Å². The van der Waals surface area contributed by atoms with Crippen LogP contribution in [0.3, 0.4) is 0 Å². The molecule has 0 spiro atoms. The number of hydrogen-bond donors (Lipinski definition) is 5. The Morgan fingerprint density at radius 3 is 1.89 bits per heavy atom. The van der Waals surface area contributed by atoms with Gasteiger partial charge in [0.05, 0.1) is 6.54 Å². The molecule has 0 bridgehead atoms. The molecule has 8 nitrogen and oxygen atoms in total. The molecule has 0 saturated heterocycles. The summed E-state index contributed by atoms with van der Waals surface area (Å²) in [7, 11) is 0. The maximum atomic E-state index is 10.2. The van der Waals surface area contributed by atoms with Gasteiger partial charge in [-0.2, -0.15) is 0 Å². The van der Waals surface area contributed by atoms with E-state index in [2.05, 4.69) is 5.32 Å². The molecule has 0 aromatic heterocycles. The Morgan fingerprint density at radius 1 is 0.895 bits per heavy atom. The summed E-state index contributed by atoms with van der Waals surface area (Å²) in [5.41, 5.74) is 10.1. The zero-order valence-electron chi connectivity index (χ0n) is 10.9. The molecule has 0 aromatic carbocycles. The average molecular weight is 277 g/mol. The van der Waals surface area contributed by atoms with Crippen LogP contribution in [0.1, 0.15) is 32.1 Å². The fraction of sp³-hybridized carbons (Fsp3) is 0.727. The topological polar surface area (TPSA) is 156 Å². The van der Waals surface area contributed by atoms with Crippen LogP contribution in [0, 0.1) is 0 Å². The van der Waals surface area contributed by atoms with Gasteiger partial charge in [-0.25, -0.2) is 0 Å². The van der Waals surface area contributed by atoms with E-state index in [1.165, 1.54) is 0 Å². The summed E-state index contributed by atoms with van der Waals surface area (Å²) in [5, 5.41) is 18.3. The summed E-state index contributed by atoms with van der Waals surface area (Å²) >= 11 is 0. The molecule has 0 aliphatic rings. The van der Waals surface area contributed by atoms with Crippen LogP contribution >= 0.6 is 0 Å². The summed E-state index contributed by atoms with van der Waals surface area (Å²) in [4.78, 5) is 30.0. The van der Waals surface area contributed by atoms with E-state index in [9.17, 15) is 14.4 Å². The van der Waals surface area contributed by atoms with Gasteiger partial charge >= 0.3 is 11.9 Å². The third kappa shape index (κ3) is 22.1. The number of amides is 1. The smallest absolute Gasteiger partial charge is 0.322 e. The fourth-order valence-corrected chi connectivity index (χ4v) is 1.02. The Hall–Kier alpha value is -1.67. The third-order valence-corrected chi connectivity index (χ3v) is 1.97. The highest BCUT2D eigenvalue weighted by atomic mass is 16.4. The molecule has 0 fully saturated rings. The zero-order chi connectivity index (χ0) is 15.1. The van der Waals surface area contributed by atoms with Crippen LogP contribution in [0.15, 0.2) is 0 Å². The monoisotopic (exact) mass is 277 g/mol. The molecular weight excluding hydrogens is 254 g/mol. The van der Waals surface area contributed by atoms with Gasteiger partial charge in [-0.15, -0.1) is 0 Å². The molecule has 0 heterocycles. The van der Waals surface area contributed by atoms with E-state index in [1.54, 1.807) is 0 Å². The minimum absolute atomic E-state index is 0.173. The van der Waals surface area contributed by atoms with Gasteiger partial charge in [0.25, 0.3) is 0 Å². The van der Waals surface area contributed by atoms with Gasteiger partial charge in [0, 0.05) is 6.42 Å². The predicted octanol–water partition coefficient (Wildman–Crippen LogP) is -0.874. The van der Waals surface area contributed by atoms with E-state index < -0.39 is 17.8 Å². The Bertz CT molecular complexity index is 271. The van der Waals surface area contributed by atoms with Crippen molar-refractivity contribution in [1.82, 2.24) is 5.32 Å². The van der Waals surface area contributed by atoms with Gasteiger partial charge in [0.2, 0.25) is 5.91 Å². The molecule has 0 radical (unpaired) electrons. The highest BCUT2D eigenvalue weighted by Crippen LogP contribution is 2.01. The first-order valence-corrected chi connectivity index (χ1v) is 6.04. The lowest BCUT2D eigenvalue weighted by Gasteiger charge is -1.95. The van der Waals surface area contributed by atoms with Gasteiger partial charge in [-0.1, -0.05) is 12.8 Å². The van der Waals surface area contributed by atoms with Crippen LogP contribution in [0.25, 0.3) is 0 Å². The minimum Gasteiger partial charge on any atom is -0.481 e. The molecule has 8 heteroatoms. The fourth-order valence-electron chi connectivity index (χ4n) is 1.02. The van der Waals surface area contributed by atoms with E-state index in [4.69, 9.17) is 21.7 Å². The third-order valence-electron chi connectivity index (χ3n) is 1.97. The van der Waals surface area contributed by atoms with Crippen molar-refractivity contribution in [3.05, 3.63) is 0 Å². The predicted molar refractivity (Wildman–Crippen MR) is 69.5 cm³/mol. The first-order chi connectivity index (χ1) is 8.93. The standard InChI is InChI=1S/C7H15NO2.C4H8N2O3/c8-6-4-2-1-3-5-7(9)10;5-1-3(7)6-2-4(8)9/h1-6,8H2,(H,9,10);1-2,5H2,(H,6,7)(H,8,9). The van der Waals surface area contributed by atoms with E-state index in [-0.39, 0.29) is 13.1 Å². The number of hydrogen-bond acceptors (Lipinski definition) is 5. The van der Waals surface area contributed by atoms with E-state index in [0.29, 0.717) is 13.0 Å². The number of rotatable bonds is 9. The molecule has 0 aliphatic carbocycles. The number of carboxylic acid groups (broad SMARTS) is 2. The molecule has 7 N–H and O–H groups in total. The number of carboxylic acids is 2. The molecule has 1 amide bonds. The Labute approximate surface area is 112 Å². The van der Waals surface area contributed by atoms with Crippen LogP contribution in [0.2, 0.25) is 0 Å². The van der Waals surface area contributed by atoms with Crippen molar-refractivity contribution in [2.75, 3.05) is 19.6 Å². The quantitative estimate of drug-likeness (QED) is 0.343. The number of aliphatic carboxylic acids is 2. The number of carbonyl (C=O) groups is 3. The Balaban J connectivity index is 0. The summed E-state index contributed by atoms with van der Waals surface area (Å²) in [5.74, 6) is -2.23. The molecule has 112 valence electrons. The Kier molecular flexibility index (Phi) is 14.9. The molecule has 0 saturated carbocycles. The molecule has 0 aromatic rings. The first kappa shape index (κ1) is 19.7. The lowest BCUT2D eigenvalue weighted by Crippen LogP contribution is -2.34. The molecular formula is C11H23N3O5. The minimum atomic E-state index is -1.07. The SMILES string of the molecule is NCC(=O)NCC(=O)O.NCCCCCCC(=O)O. The highest BCUT2D eigenvalue weighted by molar-refractivity contribution is 5.82. The molecule has 0 unspecified atom stereocenters. The van der Waals surface area contributed by atoms with Crippen molar-refractivity contribution in [2.24, 2.45) is 11.5 Å². The molecule has 0 atom stereocenters. The van der Waals surface area contributed by atoms with Crippen molar-refractivity contribution in [2.45, 2.75) is 32.1 Å². The number of carbonyl (C=O) groups excluding carboxylic acids is 1. The van der Waals surface area contributed by atoms with Crippen molar-refractivity contribution in [3.63, 3.8) is 0 Å². The van der Waals surface area contributed by atoms with Gasteiger partial charge in [-0.3, -0.25) is 14.4 Å². The number of unbranched alkanes of at least 4 members (excludes halogenated alkanes) is 3. The highest BCUT2D eigenvalue weighted by Gasteiger charge is 1.98. The maximum absolute atomic E-state index is 10.2. The van der Waals surface area contributed by atoms with Crippen molar-refractivity contribution < 1.29 is 24.6 Å². The maximum Gasteiger partial charge on any atom is 0.322 e. The molecule has 19 heavy (non-hydrogen) atoms. The van der Waals surface area contributed by atoms with E-state index >= 15 is 0 Å². The van der Waals surface area contributed by atoms with Crippen molar-refractivity contribution >= 4 is 17.8 Å². The number of nitrogens with two attached hydrogens (primary N) is 2. The van der Waals surface area contributed by atoms with Crippen LogP contribution in [0.5, 0.6) is 0 Å². The zero-order valence-corrected chi connectivity index (χ0v) is 10.9. The second-order valence-corrected chi connectivity index (χ2v) is 3.72. The van der Waals surface area contributed by atoms with E-state index in [1.807, 2.05) is 0 Å². The summed E-state index contributed by atoms with van der Waals surface area (Å²) < 4.78 is 0. The van der Waals surface area contributed by atoms with Crippen molar-refractivity contribution in [1.29, 1.82) is 0 Å². The average Bonchev–Trinajstić information content (AvgIpc) is 2.36. The lowest BCUT2D eigenvalue weighted by molar-refractivity contribution is -0.138. The van der Waals surface area contributed by atoms with Gasteiger partial charge in [-0.05, 0) is 19.4 Å². The van der Waals surface area contributed by atoms with Crippen molar-refractivity contribution in [3.8, 4) is 0 Å². The second-order valence-electron chi connectivity index (χ2n) is 3.72. The summed E-state index contributed by atoms with van der Waals surface area (Å²) in [6, 6.07) is 0. The lowest BCUT2D eigenvalue weighted by atomic mass is 10.1. The van der Waals surface area contributed by atoms with Crippen LogP contribution in [-0.4, -0.2) is 47.7 Å². The largest absolute Gasteiger partial charge is 0.481 e. The van der Waals surface area contributed by atoms with Gasteiger partial charge in [0.15, 0.2) is 0 Å². The normalized spacial score (nSPS) is 9.16. The molecule has 0 rings (SSSR count).